The van der Waals surface area contributed by atoms with E-state index in [-0.39, 0.29) is 18.4 Å². The Morgan fingerprint density at radius 3 is 2.67 bits per heavy atom. The standard InChI is InChI=1S/C36H42N8O2/c1-3-33(45)44-18-17-43(24-28(44)11-13-37)35-29-12-16-42(32-10-5-9-27-8-4-7-26(2)34(27)32)25-31(29)40-36(30(35)23-38)39-14-6-15-41-19-21-46-22-20-41/h3-5,7-10,28H,1,6,11-12,14-22,24-25H2,2H3,(H,39,40). The molecule has 0 saturated carbocycles. The molecule has 0 radical (unpaired) electrons. The number of rotatable bonds is 9. The van der Waals surface area contributed by atoms with Crippen LogP contribution in [0.3, 0.4) is 0 Å². The van der Waals surface area contributed by atoms with E-state index in [0.717, 1.165) is 69.2 Å². The number of hydrogen-bond acceptors (Lipinski definition) is 9. The molecule has 6 rings (SSSR count). The monoisotopic (exact) mass is 618 g/mol. The van der Waals surface area contributed by atoms with E-state index in [2.05, 4.69) is 82.1 Å². The number of hydrogen-bond donors (Lipinski definition) is 1. The summed E-state index contributed by atoms with van der Waals surface area (Å²) in [4.78, 5) is 26.6. The van der Waals surface area contributed by atoms with E-state index in [1.807, 2.05) is 0 Å². The summed E-state index contributed by atoms with van der Waals surface area (Å²) >= 11 is 0. The zero-order valence-electron chi connectivity index (χ0n) is 26.7. The zero-order valence-corrected chi connectivity index (χ0v) is 26.7. The minimum absolute atomic E-state index is 0.166. The summed E-state index contributed by atoms with van der Waals surface area (Å²) in [5.74, 6) is 0.441. The van der Waals surface area contributed by atoms with Gasteiger partial charge in [-0.1, -0.05) is 36.9 Å². The molecule has 1 atom stereocenters. The minimum atomic E-state index is -0.289. The number of carbonyl (C=O) groups is 1. The zero-order chi connectivity index (χ0) is 32.0. The van der Waals surface area contributed by atoms with Crippen LogP contribution in [-0.4, -0.2) is 92.3 Å². The number of nitriles is 2. The Bertz CT molecular complexity index is 1680. The number of aromatic nitrogens is 1. The fraction of sp³-hybridized carbons (Fsp3) is 0.444. The second-order valence-corrected chi connectivity index (χ2v) is 12.3. The predicted molar refractivity (Wildman–Crippen MR) is 181 cm³/mol. The van der Waals surface area contributed by atoms with Crippen molar-refractivity contribution in [1.82, 2.24) is 14.8 Å². The van der Waals surface area contributed by atoms with Crippen LogP contribution in [0, 0.1) is 29.6 Å². The van der Waals surface area contributed by atoms with E-state index in [1.165, 1.54) is 28.1 Å². The predicted octanol–water partition coefficient (Wildman–Crippen LogP) is 4.23. The Morgan fingerprint density at radius 1 is 1.11 bits per heavy atom. The number of ether oxygens (including phenoxy) is 1. The molecule has 3 aliphatic heterocycles. The third-order valence-corrected chi connectivity index (χ3v) is 9.50. The average Bonchev–Trinajstić information content (AvgIpc) is 3.09. The Kier molecular flexibility index (Phi) is 9.68. The molecule has 2 fully saturated rings. The van der Waals surface area contributed by atoms with Gasteiger partial charge in [-0.05, 0) is 49.4 Å². The Labute approximate surface area is 271 Å². The molecule has 1 amide bonds. The molecule has 238 valence electrons. The molecule has 2 aromatic carbocycles. The molecule has 3 aromatic rings. The highest BCUT2D eigenvalue weighted by atomic mass is 16.5. The second-order valence-electron chi connectivity index (χ2n) is 12.3. The molecule has 2 saturated heterocycles. The van der Waals surface area contributed by atoms with Crippen LogP contribution in [0.25, 0.3) is 10.8 Å². The molecule has 1 unspecified atom stereocenters. The quantitative estimate of drug-likeness (QED) is 0.278. The first kappa shape index (κ1) is 31.3. The molecule has 3 aliphatic rings. The van der Waals surface area contributed by atoms with Gasteiger partial charge >= 0.3 is 0 Å². The number of fused-ring (bicyclic) bond motifs is 2. The number of aryl methyl sites for hydroxylation is 1. The topological polar surface area (TPSA) is 112 Å². The van der Waals surface area contributed by atoms with Crippen LogP contribution in [0.4, 0.5) is 17.2 Å². The van der Waals surface area contributed by atoms with Gasteiger partial charge in [-0.25, -0.2) is 4.98 Å². The molecule has 1 N–H and O–H groups in total. The summed E-state index contributed by atoms with van der Waals surface area (Å²) < 4.78 is 5.49. The van der Waals surface area contributed by atoms with E-state index < -0.39 is 0 Å². The summed E-state index contributed by atoms with van der Waals surface area (Å²) in [5.41, 5.74) is 5.92. The van der Waals surface area contributed by atoms with Crippen molar-refractivity contribution in [3.8, 4) is 12.1 Å². The van der Waals surface area contributed by atoms with Gasteiger partial charge in [0.05, 0.1) is 49.7 Å². The highest BCUT2D eigenvalue weighted by Gasteiger charge is 2.34. The number of nitrogens with one attached hydrogen (secondary N) is 1. The van der Waals surface area contributed by atoms with Crippen LogP contribution >= 0.6 is 0 Å². The second kappa shape index (κ2) is 14.2. The lowest BCUT2D eigenvalue weighted by Gasteiger charge is -2.43. The number of carbonyl (C=O) groups excluding carboxylic acids is 1. The fourth-order valence-electron chi connectivity index (χ4n) is 7.20. The summed E-state index contributed by atoms with van der Waals surface area (Å²) in [7, 11) is 0. The van der Waals surface area contributed by atoms with Crippen molar-refractivity contribution in [2.75, 3.05) is 80.7 Å². The molecule has 10 nitrogen and oxygen atoms in total. The number of benzene rings is 2. The first-order chi connectivity index (χ1) is 22.5. The maximum absolute atomic E-state index is 12.6. The number of amides is 1. The molecule has 46 heavy (non-hydrogen) atoms. The molecule has 1 aromatic heterocycles. The summed E-state index contributed by atoms with van der Waals surface area (Å²) in [6.07, 6.45) is 3.19. The molecule has 0 bridgehead atoms. The van der Waals surface area contributed by atoms with Crippen LogP contribution in [-0.2, 0) is 22.5 Å². The average molecular weight is 619 g/mol. The van der Waals surface area contributed by atoms with E-state index in [4.69, 9.17) is 9.72 Å². The highest BCUT2D eigenvalue weighted by molar-refractivity contribution is 5.97. The van der Waals surface area contributed by atoms with Gasteiger partial charge in [-0.3, -0.25) is 9.69 Å². The van der Waals surface area contributed by atoms with E-state index in [1.54, 1.807) is 4.90 Å². The van der Waals surface area contributed by atoms with E-state index in [9.17, 15) is 15.3 Å². The van der Waals surface area contributed by atoms with Crippen molar-refractivity contribution < 1.29 is 9.53 Å². The number of nitrogens with zero attached hydrogens (tertiary/aromatic N) is 7. The molecule has 4 heterocycles. The van der Waals surface area contributed by atoms with Gasteiger partial charge in [-0.2, -0.15) is 10.5 Å². The number of anilines is 3. The van der Waals surface area contributed by atoms with Gasteiger partial charge in [-0.15, -0.1) is 0 Å². The van der Waals surface area contributed by atoms with Crippen molar-refractivity contribution in [2.45, 2.75) is 38.8 Å². The number of morpholine rings is 1. The van der Waals surface area contributed by atoms with Crippen LogP contribution in [0.15, 0.2) is 49.1 Å². The summed E-state index contributed by atoms with van der Waals surface area (Å²) in [5, 5.41) is 26.2. The largest absolute Gasteiger partial charge is 0.379 e. The van der Waals surface area contributed by atoms with Crippen molar-refractivity contribution in [3.05, 3.63) is 71.4 Å². The van der Waals surface area contributed by atoms with Gasteiger partial charge in [0.1, 0.15) is 17.5 Å². The highest BCUT2D eigenvalue weighted by Crippen LogP contribution is 2.39. The first-order valence-electron chi connectivity index (χ1n) is 16.3. The van der Waals surface area contributed by atoms with E-state index >= 15 is 0 Å². The Hall–Kier alpha value is -4.64. The van der Waals surface area contributed by atoms with Crippen LogP contribution in [0.2, 0.25) is 0 Å². The fourth-order valence-corrected chi connectivity index (χ4v) is 7.20. The third-order valence-electron chi connectivity index (χ3n) is 9.50. The van der Waals surface area contributed by atoms with Crippen molar-refractivity contribution in [3.63, 3.8) is 0 Å². The normalized spacial score (nSPS) is 18.5. The van der Waals surface area contributed by atoms with Gasteiger partial charge < -0.3 is 24.8 Å². The van der Waals surface area contributed by atoms with Crippen molar-refractivity contribution in [2.24, 2.45) is 0 Å². The minimum Gasteiger partial charge on any atom is -0.379 e. The van der Waals surface area contributed by atoms with Gasteiger partial charge in [0.2, 0.25) is 5.91 Å². The van der Waals surface area contributed by atoms with Gasteiger partial charge in [0.25, 0.3) is 0 Å². The Morgan fingerprint density at radius 2 is 1.91 bits per heavy atom. The van der Waals surface area contributed by atoms with Crippen LogP contribution < -0.4 is 15.1 Å². The smallest absolute Gasteiger partial charge is 0.246 e. The maximum Gasteiger partial charge on any atom is 0.246 e. The molecule has 0 spiro atoms. The van der Waals surface area contributed by atoms with Gasteiger partial charge in [0, 0.05) is 62.5 Å². The number of pyridine rings is 1. The lowest BCUT2D eigenvalue weighted by atomic mass is 9.95. The first-order valence-corrected chi connectivity index (χ1v) is 16.3. The lowest BCUT2D eigenvalue weighted by molar-refractivity contribution is -0.128. The third kappa shape index (κ3) is 6.37. The molecule has 10 heteroatoms. The number of piperazine rings is 1. The van der Waals surface area contributed by atoms with Crippen LogP contribution in [0.1, 0.15) is 35.2 Å². The van der Waals surface area contributed by atoms with Crippen LogP contribution in [0.5, 0.6) is 0 Å². The van der Waals surface area contributed by atoms with Gasteiger partial charge in [0.15, 0.2) is 0 Å². The molecular weight excluding hydrogens is 576 g/mol. The van der Waals surface area contributed by atoms with Crippen molar-refractivity contribution >= 4 is 33.9 Å². The van der Waals surface area contributed by atoms with E-state index in [0.29, 0.717) is 44.1 Å². The summed E-state index contributed by atoms with van der Waals surface area (Å²) in [6.45, 7) is 13.8. The summed E-state index contributed by atoms with van der Waals surface area (Å²) in [6, 6.07) is 17.4. The molecule has 0 aliphatic carbocycles. The SMILES string of the molecule is C=CC(=O)N1CCN(c2c(C#N)c(NCCCN3CCOCC3)nc3c2CCN(c2cccc4cccc(C)c24)C3)CC1CC#N. The lowest BCUT2D eigenvalue weighted by Crippen LogP contribution is -2.55. The van der Waals surface area contributed by atoms with Crippen molar-refractivity contribution in [1.29, 1.82) is 10.5 Å². The Balaban J connectivity index is 1.34. The maximum atomic E-state index is 12.6. The molecular formula is C36H42N8O2.